The molecule has 0 unspecified atom stereocenters. The molecular formula is C33H29FN4OS. The zero-order valence-electron chi connectivity index (χ0n) is 22.5. The summed E-state index contributed by atoms with van der Waals surface area (Å²) >= 11 is 5.92. The summed E-state index contributed by atoms with van der Waals surface area (Å²) < 4.78 is 23.0. The van der Waals surface area contributed by atoms with E-state index >= 15 is 0 Å². The SMILES string of the molecule is Cc1ccccc1Oc1ccc(N2C(=S)N[C@H](c3ccccn3)[C@@H]2c2cc(C)n(-c3ccccc3F)c2C)cc1. The Labute approximate surface area is 238 Å². The summed E-state index contributed by atoms with van der Waals surface area (Å²) in [5.41, 5.74) is 6.34. The fraction of sp³-hybridized carbons (Fsp3) is 0.152. The number of para-hydroxylation sites is 2. The van der Waals surface area contributed by atoms with E-state index in [-0.39, 0.29) is 17.9 Å². The average Bonchev–Trinajstić information content (AvgIpc) is 3.46. The van der Waals surface area contributed by atoms with Crippen LogP contribution in [0.3, 0.4) is 0 Å². The van der Waals surface area contributed by atoms with Crippen LogP contribution in [0.1, 0.15) is 40.3 Å². The van der Waals surface area contributed by atoms with Crippen molar-refractivity contribution in [3.63, 3.8) is 0 Å². The third-order valence-electron chi connectivity index (χ3n) is 7.42. The van der Waals surface area contributed by atoms with Gasteiger partial charge in [-0.1, -0.05) is 36.4 Å². The Morgan fingerprint density at radius 3 is 2.33 bits per heavy atom. The lowest BCUT2D eigenvalue weighted by atomic mass is 9.96. The highest BCUT2D eigenvalue weighted by atomic mass is 32.1. The molecule has 0 spiro atoms. The summed E-state index contributed by atoms with van der Waals surface area (Å²) in [4.78, 5) is 6.79. The Kier molecular flexibility index (Phi) is 6.82. The predicted octanol–water partition coefficient (Wildman–Crippen LogP) is 7.91. The zero-order chi connectivity index (χ0) is 27.8. The van der Waals surface area contributed by atoms with Gasteiger partial charge in [-0.3, -0.25) is 4.98 Å². The molecule has 40 heavy (non-hydrogen) atoms. The van der Waals surface area contributed by atoms with E-state index in [4.69, 9.17) is 17.0 Å². The molecule has 1 saturated heterocycles. The fourth-order valence-electron chi connectivity index (χ4n) is 5.51. The number of halogens is 1. The van der Waals surface area contributed by atoms with E-state index in [0.717, 1.165) is 45.4 Å². The third kappa shape index (κ3) is 4.62. The maximum atomic E-state index is 14.9. The van der Waals surface area contributed by atoms with Crippen LogP contribution >= 0.6 is 12.2 Å². The molecule has 0 saturated carbocycles. The number of nitrogens with one attached hydrogen (secondary N) is 1. The molecule has 1 aliphatic rings. The lowest BCUT2D eigenvalue weighted by molar-refractivity contribution is 0.479. The monoisotopic (exact) mass is 548 g/mol. The first-order chi connectivity index (χ1) is 19.4. The summed E-state index contributed by atoms with van der Waals surface area (Å²) in [5.74, 6) is 1.30. The molecule has 2 aromatic heterocycles. The first-order valence-electron chi connectivity index (χ1n) is 13.2. The Balaban J connectivity index is 1.42. The van der Waals surface area contributed by atoms with Gasteiger partial charge in [0.2, 0.25) is 0 Å². The van der Waals surface area contributed by atoms with Crippen LogP contribution in [-0.2, 0) is 0 Å². The highest BCUT2D eigenvalue weighted by molar-refractivity contribution is 7.80. The number of thiocarbonyl (C=S) groups is 1. The standard InChI is InChI=1S/C33H29FN4OS/c1-21-10-4-7-14-30(21)39-25-17-15-24(16-18-25)38-32(31(36-33(38)40)28-12-8-9-19-35-28)26-20-22(2)37(23(26)3)29-13-6-5-11-27(29)34/h4-20,31-32H,1-3H3,(H,36,40)/t31-,32+/m1/s1. The lowest BCUT2D eigenvalue weighted by Crippen LogP contribution is -2.29. The van der Waals surface area contributed by atoms with Crippen LogP contribution < -0.4 is 15.0 Å². The van der Waals surface area contributed by atoms with Crippen molar-refractivity contribution in [2.45, 2.75) is 32.9 Å². The molecule has 200 valence electrons. The second-order valence-corrected chi connectivity index (χ2v) is 10.4. The van der Waals surface area contributed by atoms with E-state index < -0.39 is 0 Å². The van der Waals surface area contributed by atoms with Crippen molar-refractivity contribution in [2.24, 2.45) is 0 Å². The van der Waals surface area contributed by atoms with E-state index in [2.05, 4.69) is 21.3 Å². The molecular weight excluding hydrogens is 519 g/mol. The van der Waals surface area contributed by atoms with Gasteiger partial charge in [0.1, 0.15) is 17.3 Å². The van der Waals surface area contributed by atoms with Crippen molar-refractivity contribution in [3.8, 4) is 17.2 Å². The van der Waals surface area contributed by atoms with Crippen LogP contribution in [0.4, 0.5) is 10.1 Å². The number of rotatable bonds is 6. The molecule has 3 aromatic carbocycles. The van der Waals surface area contributed by atoms with Crippen LogP contribution in [0.25, 0.3) is 5.69 Å². The summed E-state index contributed by atoms with van der Waals surface area (Å²) in [6, 6.07) is 30.3. The maximum absolute atomic E-state index is 14.9. The van der Waals surface area contributed by atoms with Crippen molar-refractivity contribution in [1.29, 1.82) is 0 Å². The van der Waals surface area contributed by atoms with Crippen molar-refractivity contribution in [1.82, 2.24) is 14.9 Å². The Morgan fingerprint density at radius 1 is 0.875 bits per heavy atom. The Morgan fingerprint density at radius 2 is 1.60 bits per heavy atom. The predicted molar refractivity (Wildman–Crippen MR) is 161 cm³/mol. The van der Waals surface area contributed by atoms with Gasteiger partial charge in [-0.2, -0.15) is 0 Å². The first kappa shape index (κ1) is 25.8. The van der Waals surface area contributed by atoms with E-state index in [1.165, 1.54) is 6.07 Å². The molecule has 5 aromatic rings. The van der Waals surface area contributed by atoms with Crippen molar-refractivity contribution >= 4 is 23.0 Å². The summed E-state index contributed by atoms with van der Waals surface area (Å²) in [6.07, 6.45) is 1.79. The van der Waals surface area contributed by atoms with Gasteiger partial charge < -0.3 is 19.5 Å². The summed E-state index contributed by atoms with van der Waals surface area (Å²) in [7, 11) is 0. The molecule has 2 atom stereocenters. The van der Waals surface area contributed by atoms with Crippen molar-refractivity contribution in [3.05, 3.63) is 137 Å². The molecule has 0 aliphatic carbocycles. The number of anilines is 1. The van der Waals surface area contributed by atoms with E-state index in [1.54, 1.807) is 18.3 Å². The van der Waals surface area contributed by atoms with Gasteiger partial charge in [0, 0.05) is 23.3 Å². The first-order valence-corrected chi connectivity index (χ1v) is 13.6. The summed E-state index contributed by atoms with van der Waals surface area (Å²) in [5, 5.41) is 4.12. The van der Waals surface area contributed by atoms with E-state index in [9.17, 15) is 4.39 Å². The van der Waals surface area contributed by atoms with Crippen LogP contribution in [0.15, 0.2) is 103 Å². The molecule has 3 heterocycles. The zero-order valence-corrected chi connectivity index (χ0v) is 23.3. The number of hydrogen-bond acceptors (Lipinski definition) is 3. The smallest absolute Gasteiger partial charge is 0.174 e. The minimum atomic E-state index is -0.265. The highest BCUT2D eigenvalue weighted by Gasteiger charge is 2.42. The van der Waals surface area contributed by atoms with Crippen molar-refractivity contribution in [2.75, 3.05) is 4.90 Å². The number of aryl methyl sites for hydroxylation is 2. The molecule has 0 radical (unpaired) electrons. The fourth-order valence-corrected chi connectivity index (χ4v) is 5.86. The van der Waals surface area contributed by atoms with E-state index in [1.807, 2.05) is 98.1 Å². The van der Waals surface area contributed by atoms with Crippen LogP contribution in [-0.4, -0.2) is 14.7 Å². The van der Waals surface area contributed by atoms with Crippen molar-refractivity contribution < 1.29 is 9.13 Å². The lowest BCUT2D eigenvalue weighted by Gasteiger charge is -2.28. The number of aromatic nitrogens is 2. The van der Waals surface area contributed by atoms with Crippen LogP contribution in [0.5, 0.6) is 11.5 Å². The molecule has 1 aliphatic heterocycles. The number of hydrogen-bond donors (Lipinski definition) is 1. The molecule has 0 amide bonds. The third-order valence-corrected chi connectivity index (χ3v) is 7.73. The molecule has 0 bridgehead atoms. The minimum absolute atomic E-state index is 0.203. The second-order valence-electron chi connectivity index (χ2n) is 9.97. The van der Waals surface area contributed by atoms with E-state index in [0.29, 0.717) is 10.8 Å². The normalized spacial score (nSPS) is 16.7. The molecule has 1 N–H and O–H groups in total. The van der Waals surface area contributed by atoms with Gasteiger partial charge in [0.15, 0.2) is 5.11 Å². The van der Waals surface area contributed by atoms with Gasteiger partial charge in [-0.25, -0.2) is 4.39 Å². The summed E-state index contributed by atoms with van der Waals surface area (Å²) in [6.45, 7) is 6.06. The molecule has 5 nitrogen and oxygen atoms in total. The second kappa shape index (κ2) is 10.6. The van der Waals surface area contributed by atoms with Gasteiger partial charge >= 0.3 is 0 Å². The quantitative estimate of drug-likeness (QED) is 0.219. The Bertz CT molecular complexity index is 1680. The highest BCUT2D eigenvalue weighted by Crippen LogP contribution is 2.44. The minimum Gasteiger partial charge on any atom is -0.457 e. The molecule has 1 fully saturated rings. The Hall–Kier alpha value is -4.49. The number of benzene rings is 3. The van der Waals surface area contributed by atoms with Gasteiger partial charge in [0.05, 0.1) is 23.5 Å². The largest absolute Gasteiger partial charge is 0.457 e. The topological polar surface area (TPSA) is 42.3 Å². The van der Waals surface area contributed by atoms with Gasteiger partial charge in [-0.15, -0.1) is 0 Å². The number of ether oxygens (including phenoxy) is 1. The van der Waals surface area contributed by atoms with Crippen LogP contribution in [0.2, 0.25) is 0 Å². The number of nitrogens with zero attached hydrogens (tertiary/aromatic N) is 3. The molecule has 7 heteroatoms. The molecule has 6 rings (SSSR count). The van der Waals surface area contributed by atoms with Gasteiger partial charge in [0.25, 0.3) is 0 Å². The average molecular weight is 549 g/mol. The van der Waals surface area contributed by atoms with Gasteiger partial charge in [-0.05, 0) is 105 Å². The number of pyridine rings is 1. The van der Waals surface area contributed by atoms with Crippen LogP contribution in [0, 0.1) is 26.6 Å². The maximum Gasteiger partial charge on any atom is 0.174 e.